The molecule has 0 aliphatic rings. The third kappa shape index (κ3) is 7.96. The SMILES string of the molecule is C=CCC(CC)OOC(OCC=CC)=C(CC)C(C)CC. The van der Waals surface area contributed by atoms with Crippen LogP contribution in [0.4, 0.5) is 0 Å². The van der Waals surface area contributed by atoms with Crippen molar-refractivity contribution >= 4 is 0 Å². The highest BCUT2D eigenvalue weighted by Gasteiger charge is 2.17. The minimum absolute atomic E-state index is 0.0119. The topological polar surface area (TPSA) is 27.7 Å². The number of allylic oxidation sites excluding steroid dienone is 2. The van der Waals surface area contributed by atoms with Crippen molar-refractivity contribution in [3.8, 4) is 0 Å². The molecule has 0 aliphatic carbocycles. The molecule has 0 radical (unpaired) electrons. The smallest absolute Gasteiger partial charge is 0.316 e. The molecule has 0 aliphatic heterocycles. The lowest BCUT2D eigenvalue weighted by Crippen LogP contribution is -2.15. The van der Waals surface area contributed by atoms with Gasteiger partial charge in [-0.05, 0) is 38.5 Å². The molecule has 0 bridgehead atoms. The molecule has 3 heteroatoms. The summed E-state index contributed by atoms with van der Waals surface area (Å²) in [5.74, 6) is 0.936. The fraction of sp³-hybridized carbons (Fsp3) is 0.667. The van der Waals surface area contributed by atoms with Crippen molar-refractivity contribution in [1.29, 1.82) is 0 Å². The molecule has 2 atom stereocenters. The minimum atomic E-state index is 0.0119. The van der Waals surface area contributed by atoms with Crippen LogP contribution >= 0.6 is 0 Å². The van der Waals surface area contributed by atoms with E-state index in [4.69, 9.17) is 14.5 Å². The van der Waals surface area contributed by atoms with E-state index in [-0.39, 0.29) is 6.10 Å². The predicted octanol–water partition coefficient (Wildman–Crippen LogP) is 5.55. The molecule has 0 saturated heterocycles. The van der Waals surface area contributed by atoms with Crippen molar-refractivity contribution < 1.29 is 14.5 Å². The zero-order chi connectivity index (χ0) is 16.1. The number of hydrogen-bond acceptors (Lipinski definition) is 3. The highest BCUT2D eigenvalue weighted by Crippen LogP contribution is 2.24. The first-order chi connectivity index (χ1) is 10.1. The molecular formula is C18H32O3. The van der Waals surface area contributed by atoms with Gasteiger partial charge in [-0.3, -0.25) is 4.89 Å². The number of ether oxygens (including phenoxy) is 1. The van der Waals surface area contributed by atoms with Gasteiger partial charge < -0.3 is 4.74 Å². The van der Waals surface area contributed by atoms with Crippen LogP contribution in [0.15, 0.2) is 36.3 Å². The molecule has 0 aromatic carbocycles. The molecule has 0 N–H and O–H groups in total. The van der Waals surface area contributed by atoms with Crippen molar-refractivity contribution in [2.75, 3.05) is 6.61 Å². The summed E-state index contributed by atoms with van der Waals surface area (Å²) in [6, 6.07) is 0. The van der Waals surface area contributed by atoms with E-state index in [1.165, 1.54) is 0 Å². The van der Waals surface area contributed by atoms with Crippen molar-refractivity contribution in [1.82, 2.24) is 0 Å². The average Bonchev–Trinajstić information content (AvgIpc) is 2.51. The molecule has 122 valence electrons. The van der Waals surface area contributed by atoms with Crippen LogP contribution in [0.3, 0.4) is 0 Å². The van der Waals surface area contributed by atoms with E-state index in [1.807, 2.05) is 25.2 Å². The maximum Gasteiger partial charge on any atom is 0.316 e. The van der Waals surface area contributed by atoms with Crippen LogP contribution in [0.25, 0.3) is 0 Å². The maximum atomic E-state index is 5.75. The van der Waals surface area contributed by atoms with Crippen LogP contribution < -0.4 is 0 Å². The normalized spacial score (nSPS) is 15.5. The van der Waals surface area contributed by atoms with Gasteiger partial charge in [-0.1, -0.05) is 45.9 Å². The second-order valence-electron chi connectivity index (χ2n) is 5.09. The standard InChI is InChI=1S/C18H32O3/c1-7-12-14-19-18(17(11-5)15(6)9-3)21-20-16(10-4)13-8-2/h7-8,12,15-16H,2,9-11,13-14H2,1,3-6H3. The molecule has 3 nitrogen and oxygen atoms in total. The summed E-state index contributed by atoms with van der Waals surface area (Å²) in [5, 5.41) is 0. The van der Waals surface area contributed by atoms with Crippen LogP contribution in [0, 0.1) is 5.92 Å². The molecule has 0 spiro atoms. The van der Waals surface area contributed by atoms with Gasteiger partial charge in [-0.2, -0.15) is 4.89 Å². The van der Waals surface area contributed by atoms with Crippen molar-refractivity contribution in [2.24, 2.45) is 5.92 Å². The monoisotopic (exact) mass is 296 g/mol. The highest BCUT2D eigenvalue weighted by molar-refractivity contribution is 5.06. The van der Waals surface area contributed by atoms with Crippen molar-refractivity contribution in [3.05, 3.63) is 36.3 Å². The summed E-state index contributed by atoms with van der Waals surface area (Å²) >= 11 is 0. The lowest BCUT2D eigenvalue weighted by Gasteiger charge is -2.20. The Bertz CT molecular complexity index is 331. The zero-order valence-corrected chi connectivity index (χ0v) is 14.4. The first-order valence-corrected chi connectivity index (χ1v) is 8.05. The molecule has 21 heavy (non-hydrogen) atoms. The summed E-state index contributed by atoms with van der Waals surface area (Å²) in [6.07, 6.45) is 9.35. The van der Waals surface area contributed by atoms with Gasteiger partial charge in [0.2, 0.25) is 0 Å². The van der Waals surface area contributed by atoms with E-state index in [9.17, 15) is 0 Å². The summed E-state index contributed by atoms with van der Waals surface area (Å²) in [7, 11) is 0. The number of rotatable bonds is 12. The Labute approximate surface area is 130 Å². The van der Waals surface area contributed by atoms with E-state index in [1.54, 1.807) is 0 Å². The number of hydrogen-bond donors (Lipinski definition) is 0. The van der Waals surface area contributed by atoms with Gasteiger partial charge >= 0.3 is 5.95 Å². The van der Waals surface area contributed by atoms with Crippen LogP contribution in [0.1, 0.15) is 60.3 Å². The Morgan fingerprint density at radius 3 is 2.38 bits per heavy atom. The molecular weight excluding hydrogens is 264 g/mol. The first kappa shape index (κ1) is 19.8. The molecule has 0 saturated carbocycles. The Hall–Kier alpha value is -1.22. The van der Waals surface area contributed by atoms with Crippen molar-refractivity contribution in [3.63, 3.8) is 0 Å². The van der Waals surface area contributed by atoms with Gasteiger partial charge in [-0.15, -0.1) is 6.58 Å². The van der Waals surface area contributed by atoms with Gasteiger partial charge in [0.15, 0.2) is 0 Å². The Kier molecular flexibility index (Phi) is 11.8. The Morgan fingerprint density at radius 2 is 1.90 bits per heavy atom. The van der Waals surface area contributed by atoms with Crippen LogP contribution in [-0.4, -0.2) is 12.7 Å². The second kappa shape index (κ2) is 12.5. The quantitative estimate of drug-likeness (QED) is 0.204. The van der Waals surface area contributed by atoms with Crippen LogP contribution in [0.2, 0.25) is 0 Å². The third-order valence-corrected chi connectivity index (χ3v) is 3.54. The molecule has 2 unspecified atom stereocenters. The molecule has 0 aromatic heterocycles. The first-order valence-electron chi connectivity index (χ1n) is 8.05. The third-order valence-electron chi connectivity index (χ3n) is 3.54. The summed E-state index contributed by atoms with van der Waals surface area (Å²) < 4.78 is 5.75. The second-order valence-corrected chi connectivity index (χ2v) is 5.09. The van der Waals surface area contributed by atoms with E-state index >= 15 is 0 Å². The van der Waals surface area contributed by atoms with Gasteiger partial charge in [0.05, 0.1) is 0 Å². The van der Waals surface area contributed by atoms with Crippen molar-refractivity contribution in [2.45, 2.75) is 66.4 Å². The van der Waals surface area contributed by atoms with E-state index in [0.29, 0.717) is 18.5 Å². The van der Waals surface area contributed by atoms with Gasteiger partial charge in [-0.25, -0.2) is 0 Å². The summed E-state index contributed by atoms with van der Waals surface area (Å²) in [5.41, 5.74) is 1.16. The fourth-order valence-corrected chi connectivity index (χ4v) is 1.90. The summed E-state index contributed by atoms with van der Waals surface area (Å²) in [4.78, 5) is 11.1. The Morgan fingerprint density at radius 1 is 1.19 bits per heavy atom. The van der Waals surface area contributed by atoms with Gasteiger partial charge in [0.25, 0.3) is 0 Å². The predicted molar refractivity (Wildman–Crippen MR) is 88.6 cm³/mol. The molecule has 0 amide bonds. The molecule has 0 aromatic rings. The molecule has 0 fully saturated rings. The van der Waals surface area contributed by atoms with Gasteiger partial charge in [0.1, 0.15) is 12.7 Å². The lowest BCUT2D eigenvalue weighted by molar-refractivity contribution is -0.321. The maximum absolute atomic E-state index is 5.75. The average molecular weight is 296 g/mol. The summed E-state index contributed by atoms with van der Waals surface area (Å²) in [6.45, 7) is 14.7. The van der Waals surface area contributed by atoms with Crippen LogP contribution in [0.5, 0.6) is 0 Å². The van der Waals surface area contributed by atoms with E-state index in [0.717, 1.165) is 31.3 Å². The van der Waals surface area contributed by atoms with E-state index in [2.05, 4.69) is 34.3 Å². The molecule has 0 rings (SSSR count). The minimum Gasteiger partial charge on any atom is -0.459 e. The lowest BCUT2D eigenvalue weighted by atomic mass is 9.97. The molecule has 0 heterocycles. The zero-order valence-electron chi connectivity index (χ0n) is 14.4. The fourth-order valence-electron chi connectivity index (χ4n) is 1.90. The van der Waals surface area contributed by atoms with Crippen LogP contribution in [-0.2, 0) is 14.5 Å². The van der Waals surface area contributed by atoms with E-state index < -0.39 is 0 Å². The highest BCUT2D eigenvalue weighted by atomic mass is 17.2. The largest absolute Gasteiger partial charge is 0.459 e. The Balaban J connectivity index is 4.93. The van der Waals surface area contributed by atoms with Gasteiger partial charge in [0, 0.05) is 5.57 Å².